The smallest absolute Gasteiger partial charge is 0.227 e. The molecular weight excluding hydrogens is 226 g/mol. The van der Waals surface area contributed by atoms with Crippen LogP contribution in [0.4, 0.5) is 0 Å². The fourth-order valence-corrected chi connectivity index (χ4v) is 2.44. The average Bonchev–Trinajstić information content (AvgIpc) is 2.91. The molecule has 0 bridgehead atoms. The van der Waals surface area contributed by atoms with Gasteiger partial charge in [0.15, 0.2) is 0 Å². The maximum atomic E-state index is 12.3. The molecule has 1 saturated heterocycles. The van der Waals surface area contributed by atoms with E-state index in [1.807, 2.05) is 24.1 Å². The summed E-state index contributed by atoms with van der Waals surface area (Å²) < 4.78 is 0. The first-order valence-corrected chi connectivity index (χ1v) is 6.60. The Morgan fingerprint density at radius 3 is 2.83 bits per heavy atom. The molecule has 4 nitrogen and oxygen atoms in total. The Kier molecular flexibility index (Phi) is 4.31. The number of aryl methyl sites for hydroxylation is 1. The van der Waals surface area contributed by atoms with Gasteiger partial charge in [0.1, 0.15) is 0 Å². The number of pyridine rings is 1. The van der Waals surface area contributed by atoms with Crippen LogP contribution in [-0.4, -0.2) is 35.4 Å². The summed E-state index contributed by atoms with van der Waals surface area (Å²) in [4.78, 5) is 18.4. The Morgan fingerprint density at radius 1 is 1.50 bits per heavy atom. The molecule has 2 N–H and O–H groups in total. The van der Waals surface area contributed by atoms with Crippen molar-refractivity contribution >= 4 is 5.91 Å². The van der Waals surface area contributed by atoms with Crippen molar-refractivity contribution in [2.75, 3.05) is 19.6 Å². The van der Waals surface area contributed by atoms with E-state index in [1.54, 1.807) is 6.20 Å². The predicted octanol–water partition coefficient (Wildman–Crippen LogP) is 1.13. The summed E-state index contributed by atoms with van der Waals surface area (Å²) in [5, 5.41) is 0. The second-order valence-electron chi connectivity index (χ2n) is 4.97. The maximum absolute atomic E-state index is 12.3. The van der Waals surface area contributed by atoms with Crippen molar-refractivity contribution in [3.63, 3.8) is 0 Å². The Bertz CT molecular complexity index is 413. The van der Waals surface area contributed by atoms with Gasteiger partial charge in [0, 0.05) is 32.0 Å². The van der Waals surface area contributed by atoms with Gasteiger partial charge in [-0.3, -0.25) is 9.78 Å². The Labute approximate surface area is 108 Å². The largest absolute Gasteiger partial charge is 0.342 e. The van der Waals surface area contributed by atoms with Crippen LogP contribution in [0.5, 0.6) is 0 Å². The lowest BCUT2D eigenvalue weighted by Crippen LogP contribution is -2.38. The molecule has 0 saturated carbocycles. The van der Waals surface area contributed by atoms with Crippen LogP contribution < -0.4 is 5.73 Å². The fraction of sp³-hybridized carbons (Fsp3) is 0.571. The molecule has 1 fully saturated rings. The lowest BCUT2D eigenvalue weighted by Gasteiger charge is -2.22. The van der Waals surface area contributed by atoms with Crippen LogP contribution in [0, 0.1) is 12.8 Å². The zero-order valence-electron chi connectivity index (χ0n) is 10.9. The van der Waals surface area contributed by atoms with Gasteiger partial charge >= 0.3 is 0 Å². The zero-order valence-corrected chi connectivity index (χ0v) is 10.9. The molecule has 2 heterocycles. The Hall–Kier alpha value is -1.42. The molecule has 1 aromatic heterocycles. The number of aromatic nitrogens is 1. The van der Waals surface area contributed by atoms with Crippen LogP contribution in [-0.2, 0) is 11.2 Å². The highest BCUT2D eigenvalue weighted by molar-refractivity contribution is 5.79. The molecule has 0 aromatic carbocycles. The molecule has 1 atom stereocenters. The van der Waals surface area contributed by atoms with Crippen LogP contribution >= 0.6 is 0 Å². The number of rotatable bonds is 4. The second-order valence-corrected chi connectivity index (χ2v) is 4.97. The van der Waals surface area contributed by atoms with E-state index in [2.05, 4.69) is 4.98 Å². The first-order valence-electron chi connectivity index (χ1n) is 6.60. The van der Waals surface area contributed by atoms with E-state index in [4.69, 9.17) is 5.73 Å². The van der Waals surface area contributed by atoms with E-state index in [1.165, 1.54) is 5.56 Å². The van der Waals surface area contributed by atoms with Gasteiger partial charge in [-0.1, -0.05) is 0 Å². The molecule has 0 aliphatic carbocycles. The first-order chi connectivity index (χ1) is 8.72. The van der Waals surface area contributed by atoms with E-state index in [-0.39, 0.29) is 11.8 Å². The SMILES string of the molecule is Cc1ccncc1CC(CN)C(=O)N1CCCC1. The summed E-state index contributed by atoms with van der Waals surface area (Å²) in [5.41, 5.74) is 8.08. The van der Waals surface area contributed by atoms with E-state index in [0.29, 0.717) is 13.0 Å². The van der Waals surface area contributed by atoms with E-state index in [9.17, 15) is 4.79 Å². The summed E-state index contributed by atoms with van der Waals surface area (Å²) in [6.07, 6.45) is 6.56. The Morgan fingerprint density at radius 2 is 2.22 bits per heavy atom. The van der Waals surface area contributed by atoms with Crippen molar-refractivity contribution in [1.29, 1.82) is 0 Å². The fourth-order valence-electron chi connectivity index (χ4n) is 2.44. The summed E-state index contributed by atoms with van der Waals surface area (Å²) >= 11 is 0. The van der Waals surface area contributed by atoms with Gasteiger partial charge in [0.2, 0.25) is 5.91 Å². The van der Waals surface area contributed by atoms with Gasteiger partial charge in [-0.15, -0.1) is 0 Å². The number of hydrogen-bond donors (Lipinski definition) is 1. The highest BCUT2D eigenvalue weighted by Gasteiger charge is 2.25. The van der Waals surface area contributed by atoms with E-state index in [0.717, 1.165) is 31.5 Å². The first kappa shape index (κ1) is 13.0. The lowest BCUT2D eigenvalue weighted by atomic mass is 9.96. The number of nitrogens with two attached hydrogens (primary N) is 1. The van der Waals surface area contributed by atoms with Crippen molar-refractivity contribution in [3.8, 4) is 0 Å². The third-order valence-corrected chi connectivity index (χ3v) is 3.67. The number of carbonyl (C=O) groups is 1. The van der Waals surface area contributed by atoms with Gasteiger partial charge in [0.05, 0.1) is 5.92 Å². The number of likely N-dealkylation sites (tertiary alicyclic amines) is 1. The molecule has 1 amide bonds. The normalized spacial score (nSPS) is 16.9. The molecule has 0 radical (unpaired) electrons. The number of carbonyl (C=O) groups excluding carboxylic acids is 1. The summed E-state index contributed by atoms with van der Waals surface area (Å²) in [6, 6.07) is 1.98. The molecule has 1 aromatic rings. The second kappa shape index (κ2) is 5.96. The minimum Gasteiger partial charge on any atom is -0.342 e. The van der Waals surface area contributed by atoms with Gasteiger partial charge in [-0.05, 0) is 43.4 Å². The van der Waals surface area contributed by atoms with Crippen molar-refractivity contribution in [1.82, 2.24) is 9.88 Å². The van der Waals surface area contributed by atoms with Gasteiger partial charge in [0.25, 0.3) is 0 Å². The van der Waals surface area contributed by atoms with Gasteiger partial charge < -0.3 is 10.6 Å². The van der Waals surface area contributed by atoms with Crippen molar-refractivity contribution in [2.45, 2.75) is 26.2 Å². The lowest BCUT2D eigenvalue weighted by molar-refractivity contribution is -0.134. The van der Waals surface area contributed by atoms with Crippen LogP contribution in [0.2, 0.25) is 0 Å². The third-order valence-electron chi connectivity index (χ3n) is 3.67. The summed E-state index contributed by atoms with van der Waals surface area (Å²) in [5.74, 6) is 0.101. The predicted molar refractivity (Wildman–Crippen MR) is 71.0 cm³/mol. The highest BCUT2D eigenvalue weighted by atomic mass is 16.2. The van der Waals surface area contributed by atoms with Crippen LogP contribution in [0.25, 0.3) is 0 Å². The molecule has 1 unspecified atom stereocenters. The number of hydrogen-bond acceptors (Lipinski definition) is 3. The number of nitrogens with zero attached hydrogens (tertiary/aromatic N) is 2. The standard InChI is InChI=1S/C14H21N3O/c1-11-4-5-16-10-13(11)8-12(9-15)14(18)17-6-2-3-7-17/h4-5,10,12H,2-3,6-9,15H2,1H3. The van der Waals surface area contributed by atoms with Crippen LogP contribution in [0.1, 0.15) is 24.0 Å². The van der Waals surface area contributed by atoms with Gasteiger partial charge in [-0.2, -0.15) is 0 Å². The van der Waals surface area contributed by atoms with E-state index >= 15 is 0 Å². The highest BCUT2D eigenvalue weighted by Crippen LogP contribution is 2.17. The van der Waals surface area contributed by atoms with Gasteiger partial charge in [-0.25, -0.2) is 0 Å². The van der Waals surface area contributed by atoms with Crippen molar-refractivity contribution < 1.29 is 4.79 Å². The van der Waals surface area contributed by atoms with Crippen LogP contribution in [0.3, 0.4) is 0 Å². The van der Waals surface area contributed by atoms with Crippen LogP contribution in [0.15, 0.2) is 18.5 Å². The van der Waals surface area contributed by atoms with Crippen molar-refractivity contribution in [3.05, 3.63) is 29.6 Å². The molecule has 0 spiro atoms. The molecule has 4 heteroatoms. The zero-order chi connectivity index (χ0) is 13.0. The van der Waals surface area contributed by atoms with Crippen molar-refractivity contribution in [2.24, 2.45) is 11.7 Å². The average molecular weight is 247 g/mol. The number of amides is 1. The third kappa shape index (κ3) is 2.88. The van der Waals surface area contributed by atoms with E-state index < -0.39 is 0 Å². The quantitative estimate of drug-likeness (QED) is 0.867. The molecule has 1 aliphatic rings. The molecular formula is C14H21N3O. The minimum atomic E-state index is -0.106. The molecule has 1 aliphatic heterocycles. The molecule has 2 rings (SSSR count). The Balaban J connectivity index is 2.05. The monoisotopic (exact) mass is 247 g/mol. The molecule has 98 valence electrons. The summed E-state index contributed by atoms with van der Waals surface area (Å²) in [6.45, 7) is 4.23. The summed E-state index contributed by atoms with van der Waals surface area (Å²) in [7, 11) is 0. The minimum absolute atomic E-state index is 0.106. The topological polar surface area (TPSA) is 59.2 Å². The maximum Gasteiger partial charge on any atom is 0.227 e. The molecule has 18 heavy (non-hydrogen) atoms.